The molecule has 1 aliphatic heterocycles. The van der Waals surface area contributed by atoms with Crippen molar-refractivity contribution < 1.29 is 5.11 Å². The average Bonchev–Trinajstić information content (AvgIpc) is 3.04. The third-order valence-corrected chi connectivity index (χ3v) is 2.79. The lowest BCUT2D eigenvalue weighted by Gasteiger charge is -2.06. The van der Waals surface area contributed by atoms with Gasteiger partial charge in [-0.1, -0.05) is 0 Å². The van der Waals surface area contributed by atoms with Gasteiger partial charge in [-0.3, -0.25) is 4.40 Å². The van der Waals surface area contributed by atoms with Gasteiger partial charge in [0.25, 0.3) is 0 Å². The fourth-order valence-electron chi connectivity index (χ4n) is 1.96. The van der Waals surface area contributed by atoms with Crippen LogP contribution in [0.5, 0.6) is 0 Å². The summed E-state index contributed by atoms with van der Waals surface area (Å²) in [6.45, 7) is 1.28. The minimum absolute atomic E-state index is 0.0648. The third-order valence-electron chi connectivity index (χ3n) is 2.79. The number of aliphatic hydroxyl groups excluding tert-OH is 1. The smallest absolute Gasteiger partial charge is 0.180 e. The molecule has 0 atom stereocenters. The average molecular weight is 246 g/mol. The van der Waals surface area contributed by atoms with Crippen LogP contribution < -0.4 is 16.2 Å². The van der Waals surface area contributed by atoms with E-state index in [2.05, 4.69) is 26.1 Å². The zero-order valence-corrected chi connectivity index (χ0v) is 9.72. The molecule has 0 unspecified atom stereocenters. The molecule has 0 aromatic carbocycles. The maximum atomic E-state index is 8.83. The molecular weight excluding hydrogens is 232 g/mol. The topological polar surface area (TPSA) is 86.5 Å². The van der Waals surface area contributed by atoms with Gasteiger partial charge in [0.15, 0.2) is 11.5 Å². The van der Waals surface area contributed by atoms with E-state index < -0.39 is 0 Å². The van der Waals surface area contributed by atoms with Crippen molar-refractivity contribution in [3.63, 3.8) is 0 Å². The molecule has 0 saturated carbocycles. The SMILES string of the molecule is OCCNc1nccn2c(C3=CNNC3)cnc12. The largest absolute Gasteiger partial charge is 0.395 e. The van der Waals surface area contributed by atoms with Gasteiger partial charge in [-0.25, -0.2) is 15.4 Å². The van der Waals surface area contributed by atoms with E-state index >= 15 is 0 Å². The molecule has 18 heavy (non-hydrogen) atoms. The number of aromatic nitrogens is 3. The lowest BCUT2D eigenvalue weighted by molar-refractivity contribution is 0.311. The molecule has 4 N–H and O–H groups in total. The molecule has 0 amide bonds. The predicted molar refractivity (Wildman–Crippen MR) is 67.7 cm³/mol. The lowest BCUT2D eigenvalue weighted by Crippen LogP contribution is -2.20. The van der Waals surface area contributed by atoms with Crippen LogP contribution in [0, 0.1) is 0 Å². The van der Waals surface area contributed by atoms with Crippen molar-refractivity contribution in [2.45, 2.75) is 0 Å². The van der Waals surface area contributed by atoms with Crippen molar-refractivity contribution >= 4 is 17.0 Å². The van der Waals surface area contributed by atoms with Crippen molar-refractivity contribution in [2.75, 3.05) is 25.0 Å². The minimum atomic E-state index is 0.0648. The van der Waals surface area contributed by atoms with Crippen LogP contribution >= 0.6 is 0 Å². The van der Waals surface area contributed by atoms with E-state index in [-0.39, 0.29) is 6.61 Å². The monoisotopic (exact) mass is 246 g/mol. The highest BCUT2D eigenvalue weighted by molar-refractivity contribution is 5.71. The third kappa shape index (κ3) is 1.79. The Morgan fingerprint density at radius 1 is 1.44 bits per heavy atom. The summed E-state index contributed by atoms with van der Waals surface area (Å²) in [6.07, 6.45) is 7.33. The minimum Gasteiger partial charge on any atom is -0.395 e. The number of imidazole rings is 1. The molecule has 0 saturated heterocycles. The van der Waals surface area contributed by atoms with Gasteiger partial charge in [-0.05, 0) is 0 Å². The molecule has 2 aromatic rings. The van der Waals surface area contributed by atoms with Crippen LogP contribution in [-0.4, -0.2) is 39.2 Å². The molecule has 3 rings (SSSR count). The number of aliphatic hydroxyl groups is 1. The van der Waals surface area contributed by atoms with Crippen molar-refractivity contribution in [2.24, 2.45) is 0 Å². The van der Waals surface area contributed by atoms with Crippen molar-refractivity contribution in [1.82, 2.24) is 25.2 Å². The highest BCUT2D eigenvalue weighted by Crippen LogP contribution is 2.20. The molecule has 7 heteroatoms. The van der Waals surface area contributed by atoms with Gasteiger partial charge in [-0.2, -0.15) is 0 Å². The maximum absolute atomic E-state index is 8.83. The summed E-state index contributed by atoms with van der Waals surface area (Å²) in [6, 6.07) is 0. The second-order valence-electron chi connectivity index (χ2n) is 3.93. The first-order valence-electron chi connectivity index (χ1n) is 5.75. The van der Waals surface area contributed by atoms with Crippen molar-refractivity contribution in [3.05, 3.63) is 30.5 Å². The number of nitrogens with one attached hydrogen (secondary N) is 3. The number of fused-ring (bicyclic) bond motifs is 1. The highest BCUT2D eigenvalue weighted by Gasteiger charge is 2.13. The first kappa shape index (κ1) is 11.0. The summed E-state index contributed by atoms with van der Waals surface area (Å²) >= 11 is 0. The first-order valence-corrected chi connectivity index (χ1v) is 5.75. The Bertz CT molecular complexity index is 590. The van der Waals surface area contributed by atoms with Gasteiger partial charge < -0.3 is 15.8 Å². The predicted octanol–water partition coefficient (Wildman–Crippen LogP) is -0.418. The zero-order chi connectivity index (χ0) is 12.4. The zero-order valence-electron chi connectivity index (χ0n) is 9.72. The second kappa shape index (κ2) is 4.63. The highest BCUT2D eigenvalue weighted by atomic mass is 16.3. The Morgan fingerprint density at radius 3 is 3.17 bits per heavy atom. The van der Waals surface area contributed by atoms with Crippen LogP contribution in [0.4, 0.5) is 5.82 Å². The first-order chi connectivity index (χ1) is 8.90. The van der Waals surface area contributed by atoms with Crippen LogP contribution in [0.3, 0.4) is 0 Å². The molecular formula is C11H14N6O. The molecule has 7 nitrogen and oxygen atoms in total. The summed E-state index contributed by atoms with van der Waals surface area (Å²) in [5, 5.41) is 11.9. The van der Waals surface area contributed by atoms with Gasteiger partial charge in [0.2, 0.25) is 0 Å². The van der Waals surface area contributed by atoms with E-state index in [0.717, 1.165) is 23.5 Å². The van der Waals surface area contributed by atoms with E-state index in [1.54, 1.807) is 6.20 Å². The Labute approximate surface area is 104 Å². The van der Waals surface area contributed by atoms with Crippen LogP contribution in [0.1, 0.15) is 5.69 Å². The molecule has 2 aromatic heterocycles. The summed E-state index contributed by atoms with van der Waals surface area (Å²) in [5.74, 6) is 0.678. The van der Waals surface area contributed by atoms with Gasteiger partial charge in [0, 0.05) is 37.3 Å². The van der Waals surface area contributed by atoms with E-state index in [1.807, 2.05) is 23.0 Å². The molecule has 94 valence electrons. The number of hydrogen-bond donors (Lipinski definition) is 4. The van der Waals surface area contributed by atoms with Gasteiger partial charge >= 0.3 is 0 Å². The fraction of sp³-hybridized carbons (Fsp3) is 0.273. The van der Waals surface area contributed by atoms with Crippen LogP contribution in [0.25, 0.3) is 11.2 Å². The summed E-state index contributed by atoms with van der Waals surface area (Å²) in [7, 11) is 0. The molecule has 0 radical (unpaired) electrons. The van der Waals surface area contributed by atoms with E-state index in [0.29, 0.717) is 12.4 Å². The summed E-state index contributed by atoms with van der Waals surface area (Å²) in [5.41, 5.74) is 8.91. The van der Waals surface area contributed by atoms with Crippen LogP contribution in [-0.2, 0) is 0 Å². The van der Waals surface area contributed by atoms with E-state index in [4.69, 9.17) is 5.11 Å². The normalized spacial score (nSPS) is 14.6. The molecule has 0 spiro atoms. The van der Waals surface area contributed by atoms with Crippen LogP contribution in [0.15, 0.2) is 24.8 Å². The number of rotatable bonds is 4. The van der Waals surface area contributed by atoms with E-state index in [1.165, 1.54) is 0 Å². The number of hydrogen-bond acceptors (Lipinski definition) is 6. The summed E-state index contributed by atoms with van der Waals surface area (Å²) in [4.78, 5) is 8.60. The number of nitrogens with zero attached hydrogens (tertiary/aromatic N) is 3. The Morgan fingerprint density at radius 2 is 2.39 bits per heavy atom. The summed E-state index contributed by atoms with van der Waals surface area (Å²) < 4.78 is 1.98. The van der Waals surface area contributed by atoms with Gasteiger partial charge in [0.05, 0.1) is 18.5 Å². The quantitative estimate of drug-likeness (QED) is 0.586. The molecule has 1 aliphatic rings. The van der Waals surface area contributed by atoms with Gasteiger partial charge in [0.1, 0.15) is 0 Å². The van der Waals surface area contributed by atoms with Crippen molar-refractivity contribution in [1.29, 1.82) is 0 Å². The molecule has 3 heterocycles. The van der Waals surface area contributed by atoms with Gasteiger partial charge in [-0.15, -0.1) is 0 Å². The molecule has 0 bridgehead atoms. The molecule has 0 fully saturated rings. The Hall–Kier alpha value is -2.12. The molecule has 0 aliphatic carbocycles. The fourth-order valence-corrected chi connectivity index (χ4v) is 1.96. The van der Waals surface area contributed by atoms with Crippen LogP contribution in [0.2, 0.25) is 0 Å². The second-order valence-corrected chi connectivity index (χ2v) is 3.93. The lowest BCUT2D eigenvalue weighted by atomic mass is 10.2. The number of hydrazine groups is 1. The Balaban J connectivity index is 2.03. The van der Waals surface area contributed by atoms with E-state index in [9.17, 15) is 0 Å². The maximum Gasteiger partial charge on any atom is 0.180 e. The standard InChI is InChI=1S/C11H14N6O/c18-4-2-13-10-11-14-7-9(8-5-15-16-6-8)17(11)3-1-12-10/h1,3,5,7,15-16,18H,2,4,6H2,(H,12,13). The number of anilines is 1. The van der Waals surface area contributed by atoms with Crippen molar-refractivity contribution in [3.8, 4) is 0 Å². The Kier molecular flexibility index (Phi) is 2.83.